The monoisotopic (exact) mass is 277 g/mol. The molecule has 1 fully saturated rings. The summed E-state index contributed by atoms with van der Waals surface area (Å²) in [5.41, 5.74) is 0.130. The second kappa shape index (κ2) is 5.68. The van der Waals surface area contributed by atoms with E-state index >= 15 is 0 Å². The first-order chi connectivity index (χ1) is 9.52. The van der Waals surface area contributed by atoms with Crippen molar-refractivity contribution >= 4 is 17.8 Å². The number of pyridine rings is 1. The zero-order valence-electron chi connectivity index (χ0n) is 11.3. The minimum absolute atomic E-state index is 0.0509. The molecule has 2 amide bonds. The smallest absolute Gasteiger partial charge is 0.356 e. The molecule has 0 spiro atoms. The Bertz CT molecular complexity index is 558. The fourth-order valence-electron chi connectivity index (χ4n) is 1.97. The van der Waals surface area contributed by atoms with Crippen molar-refractivity contribution < 1.29 is 19.1 Å². The molecule has 1 unspecified atom stereocenters. The van der Waals surface area contributed by atoms with Gasteiger partial charge < -0.3 is 15.0 Å². The van der Waals surface area contributed by atoms with E-state index < -0.39 is 17.9 Å². The summed E-state index contributed by atoms with van der Waals surface area (Å²) in [6.45, 7) is 0.611. The van der Waals surface area contributed by atoms with Crippen LogP contribution in [0.15, 0.2) is 18.2 Å². The lowest BCUT2D eigenvalue weighted by atomic mass is 10.2. The lowest BCUT2D eigenvalue weighted by Crippen LogP contribution is -2.40. The summed E-state index contributed by atoms with van der Waals surface area (Å²) in [5, 5.41) is 2.61. The van der Waals surface area contributed by atoms with Gasteiger partial charge in [0.05, 0.1) is 7.11 Å². The van der Waals surface area contributed by atoms with Gasteiger partial charge in [-0.3, -0.25) is 9.59 Å². The summed E-state index contributed by atoms with van der Waals surface area (Å²) >= 11 is 0. The van der Waals surface area contributed by atoms with Gasteiger partial charge >= 0.3 is 5.97 Å². The molecule has 20 heavy (non-hydrogen) atoms. The van der Waals surface area contributed by atoms with Crippen molar-refractivity contribution in [3.05, 3.63) is 29.6 Å². The second-order valence-electron chi connectivity index (χ2n) is 4.47. The van der Waals surface area contributed by atoms with E-state index in [0.29, 0.717) is 13.0 Å². The van der Waals surface area contributed by atoms with Crippen LogP contribution in [0.2, 0.25) is 0 Å². The van der Waals surface area contributed by atoms with Gasteiger partial charge in [-0.1, -0.05) is 6.07 Å². The van der Waals surface area contributed by atoms with Gasteiger partial charge in [0.2, 0.25) is 5.91 Å². The average molecular weight is 277 g/mol. The highest BCUT2D eigenvalue weighted by molar-refractivity contribution is 5.97. The van der Waals surface area contributed by atoms with Crippen LogP contribution >= 0.6 is 0 Å². The van der Waals surface area contributed by atoms with Crippen LogP contribution in [0, 0.1) is 0 Å². The predicted octanol–water partition coefficient (Wildman–Crippen LogP) is -0.171. The van der Waals surface area contributed by atoms with E-state index in [1.807, 2.05) is 0 Å². The molecule has 0 aromatic carbocycles. The third-order valence-corrected chi connectivity index (χ3v) is 3.11. The normalized spacial score (nSPS) is 18.0. The Hall–Kier alpha value is -2.44. The maximum absolute atomic E-state index is 12.0. The zero-order valence-corrected chi connectivity index (χ0v) is 11.3. The van der Waals surface area contributed by atoms with Gasteiger partial charge in [0.1, 0.15) is 17.4 Å². The molecule has 1 aromatic heterocycles. The lowest BCUT2D eigenvalue weighted by molar-refractivity contribution is -0.128. The van der Waals surface area contributed by atoms with E-state index in [2.05, 4.69) is 15.0 Å². The first-order valence-corrected chi connectivity index (χ1v) is 6.14. The number of carbonyl (C=O) groups excluding carboxylic acids is 3. The van der Waals surface area contributed by atoms with Gasteiger partial charge in [-0.25, -0.2) is 9.78 Å². The largest absolute Gasteiger partial charge is 0.464 e. The van der Waals surface area contributed by atoms with Gasteiger partial charge in [-0.2, -0.15) is 0 Å². The Kier molecular flexibility index (Phi) is 3.97. The molecule has 1 N–H and O–H groups in total. The molecule has 1 aliphatic heterocycles. The molecule has 1 saturated heterocycles. The Morgan fingerprint density at radius 2 is 2.10 bits per heavy atom. The number of carbonyl (C=O) groups is 3. The van der Waals surface area contributed by atoms with Crippen molar-refractivity contribution in [2.24, 2.45) is 0 Å². The Labute approximate surface area is 115 Å². The minimum Gasteiger partial charge on any atom is -0.464 e. The van der Waals surface area contributed by atoms with E-state index in [1.54, 1.807) is 11.9 Å². The predicted molar refractivity (Wildman–Crippen MR) is 69.1 cm³/mol. The van der Waals surface area contributed by atoms with Crippen LogP contribution in [0.5, 0.6) is 0 Å². The van der Waals surface area contributed by atoms with Crippen molar-refractivity contribution in [2.45, 2.75) is 12.5 Å². The van der Waals surface area contributed by atoms with Gasteiger partial charge in [-0.05, 0) is 18.6 Å². The fourth-order valence-corrected chi connectivity index (χ4v) is 1.97. The molecular weight excluding hydrogens is 262 g/mol. The molecule has 0 bridgehead atoms. The summed E-state index contributed by atoms with van der Waals surface area (Å²) in [7, 11) is 2.93. The highest BCUT2D eigenvalue weighted by Crippen LogP contribution is 2.09. The van der Waals surface area contributed by atoms with Crippen molar-refractivity contribution in [3.63, 3.8) is 0 Å². The quantitative estimate of drug-likeness (QED) is 0.775. The third-order valence-electron chi connectivity index (χ3n) is 3.11. The third kappa shape index (κ3) is 2.76. The van der Waals surface area contributed by atoms with Crippen molar-refractivity contribution in [1.82, 2.24) is 15.2 Å². The summed E-state index contributed by atoms with van der Waals surface area (Å²) in [5.74, 6) is -1.22. The first-order valence-electron chi connectivity index (χ1n) is 6.14. The van der Waals surface area contributed by atoms with Crippen LogP contribution in [0.4, 0.5) is 0 Å². The number of hydrogen-bond donors (Lipinski definition) is 1. The molecule has 0 aliphatic carbocycles. The number of nitrogens with one attached hydrogen (secondary N) is 1. The maximum atomic E-state index is 12.0. The summed E-state index contributed by atoms with van der Waals surface area (Å²) in [4.78, 5) is 40.6. The molecule has 1 atom stereocenters. The number of likely N-dealkylation sites (N-methyl/N-ethyl adjacent to an activating group) is 1. The maximum Gasteiger partial charge on any atom is 0.356 e. The van der Waals surface area contributed by atoms with E-state index in [1.165, 1.54) is 25.3 Å². The number of ether oxygens (including phenoxy) is 1. The summed E-state index contributed by atoms with van der Waals surface area (Å²) < 4.78 is 4.54. The number of likely N-dealkylation sites (tertiary alicyclic amines) is 1. The van der Waals surface area contributed by atoms with Crippen LogP contribution in [0.25, 0.3) is 0 Å². The highest BCUT2D eigenvalue weighted by Gasteiger charge is 2.30. The summed E-state index contributed by atoms with van der Waals surface area (Å²) in [6, 6.07) is 3.94. The van der Waals surface area contributed by atoms with Crippen molar-refractivity contribution in [3.8, 4) is 0 Å². The molecule has 1 aromatic rings. The number of methoxy groups -OCH3 is 1. The van der Waals surface area contributed by atoms with Crippen LogP contribution < -0.4 is 5.32 Å². The lowest BCUT2D eigenvalue weighted by Gasteiger charge is -2.12. The van der Waals surface area contributed by atoms with Crippen LogP contribution in [-0.2, 0) is 9.53 Å². The Morgan fingerprint density at radius 1 is 1.40 bits per heavy atom. The van der Waals surface area contributed by atoms with E-state index in [0.717, 1.165) is 0 Å². The minimum atomic E-state index is -0.615. The van der Waals surface area contributed by atoms with Gasteiger partial charge in [0.15, 0.2) is 0 Å². The first kappa shape index (κ1) is 14.0. The Balaban J connectivity index is 2.10. The fraction of sp³-hybridized carbons (Fsp3) is 0.385. The SMILES string of the molecule is COC(=O)c1cccc(C(=O)NC2CCN(C)C2=O)n1. The van der Waals surface area contributed by atoms with Gasteiger partial charge in [0, 0.05) is 13.6 Å². The number of esters is 1. The van der Waals surface area contributed by atoms with E-state index in [-0.39, 0.29) is 17.3 Å². The number of rotatable bonds is 3. The molecule has 106 valence electrons. The molecule has 7 heteroatoms. The number of nitrogens with zero attached hydrogens (tertiary/aromatic N) is 2. The molecule has 2 heterocycles. The molecule has 0 radical (unpaired) electrons. The van der Waals surface area contributed by atoms with Gasteiger partial charge in [0.25, 0.3) is 5.91 Å². The van der Waals surface area contributed by atoms with Crippen molar-refractivity contribution in [2.75, 3.05) is 20.7 Å². The molecular formula is C13H15N3O4. The van der Waals surface area contributed by atoms with Crippen LogP contribution in [0.1, 0.15) is 27.4 Å². The number of amides is 2. The van der Waals surface area contributed by atoms with Gasteiger partial charge in [-0.15, -0.1) is 0 Å². The Morgan fingerprint density at radius 3 is 2.70 bits per heavy atom. The number of hydrogen-bond acceptors (Lipinski definition) is 5. The summed E-state index contributed by atoms with van der Waals surface area (Å²) in [6.07, 6.45) is 0.567. The molecule has 7 nitrogen and oxygen atoms in total. The van der Waals surface area contributed by atoms with E-state index in [4.69, 9.17) is 0 Å². The number of aromatic nitrogens is 1. The van der Waals surface area contributed by atoms with Crippen LogP contribution in [0.3, 0.4) is 0 Å². The second-order valence-corrected chi connectivity index (χ2v) is 4.47. The average Bonchev–Trinajstić information content (AvgIpc) is 2.78. The topological polar surface area (TPSA) is 88.6 Å². The van der Waals surface area contributed by atoms with Crippen LogP contribution in [-0.4, -0.2) is 54.4 Å². The van der Waals surface area contributed by atoms with Crippen molar-refractivity contribution in [1.29, 1.82) is 0 Å². The molecule has 1 aliphatic rings. The highest BCUT2D eigenvalue weighted by atomic mass is 16.5. The molecule has 0 saturated carbocycles. The molecule has 2 rings (SSSR count). The van der Waals surface area contributed by atoms with E-state index in [9.17, 15) is 14.4 Å². The zero-order chi connectivity index (χ0) is 14.7. The standard InChI is InChI=1S/C13H15N3O4/c1-16-7-6-9(12(16)18)15-11(17)8-4-3-5-10(14-8)13(19)20-2/h3-5,9H,6-7H2,1-2H3,(H,15,17).